The number of carbonyl (C=O) groups is 1. The highest BCUT2D eigenvalue weighted by Crippen LogP contribution is 2.29. The zero-order valence-electron chi connectivity index (χ0n) is 11.2. The second-order valence-corrected chi connectivity index (χ2v) is 5.03. The number of aromatic nitrogens is 2. The minimum atomic E-state index is 0.201. The average Bonchev–Trinajstić information content (AvgIpc) is 2.72. The lowest BCUT2D eigenvalue weighted by atomic mass is 10.2. The van der Waals surface area contributed by atoms with Gasteiger partial charge < -0.3 is 4.74 Å². The molecular weight excluding hydrogens is 299 g/mol. The molecule has 0 radical (unpaired) electrons. The number of carbonyl (C=O) groups excluding carboxylic acids is 1. The van der Waals surface area contributed by atoms with Gasteiger partial charge in [-0.1, -0.05) is 36.2 Å². The molecule has 2 rings (SSSR count). The Morgan fingerprint density at radius 3 is 2.75 bits per heavy atom. The molecule has 0 N–H and O–H groups in total. The van der Waals surface area contributed by atoms with Crippen molar-refractivity contribution < 1.29 is 9.53 Å². The highest BCUT2D eigenvalue weighted by Gasteiger charge is 2.15. The van der Waals surface area contributed by atoms with Crippen molar-refractivity contribution in [3.63, 3.8) is 0 Å². The summed E-state index contributed by atoms with van der Waals surface area (Å²) in [6.45, 7) is 2.18. The van der Waals surface area contributed by atoms with Crippen LogP contribution in [0.15, 0.2) is 18.2 Å². The molecular formula is C14H14Cl2N2O2. The van der Waals surface area contributed by atoms with Gasteiger partial charge >= 0.3 is 0 Å². The Labute approximate surface area is 127 Å². The smallest absolute Gasteiger partial charge is 0.153 e. The molecule has 2 aromatic rings. The van der Waals surface area contributed by atoms with Crippen LogP contribution in [0.25, 0.3) is 0 Å². The number of aryl methyl sites for hydroxylation is 2. The number of rotatable bonds is 5. The van der Waals surface area contributed by atoms with E-state index in [0.29, 0.717) is 27.6 Å². The molecule has 1 heterocycles. The van der Waals surface area contributed by atoms with E-state index in [1.54, 1.807) is 29.9 Å². The lowest BCUT2D eigenvalue weighted by molar-refractivity contribution is 0.111. The van der Waals surface area contributed by atoms with Crippen LogP contribution in [-0.4, -0.2) is 16.1 Å². The van der Waals surface area contributed by atoms with Gasteiger partial charge in [-0.25, -0.2) is 0 Å². The fraction of sp³-hybridized carbons (Fsp3) is 0.286. The first-order valence-electron chi connectivity index (χ1n) is 6.15. The van der Waals surface area contributed by atoms with Crippen molar-refractivity contribution in [1.82, 2.24) is 9.78 Å². The fourth-order valence-corrected chi connectivity index (χ4v) is 2.47. The molecule has 0 atom stereocenters. The highest BCUT2D eigenvalue weighted by molar-refractivity contribution is 6.32. The van der Waals surface area contributed by atoms with E-state index in [0.717, 1.165) is 17.8 Å². The number of nitrogens with zero attached hydrogens (tertiary/aromatic N) is 2. The molecule has 4 nitrogen and oxygen atoms in total. The molecule has 0 amide bonds. The van der Waals surface area contributed by atoms with Crippen molar-refractivity contribution in [2.75, 3.05) is 0 Å². The molecule has 106 valence electrons. The molecule has 0 unspecified atom stereocenters. The summed E-state index contributed by atoms with van der Waals surface area (Å²) in [7, 11) is 1.80. The van der Waals surface area contributed by atoms with Gasteiger partial charge in [0.05, 0.1) is 27.0 Å². The summed E-state index contributed by atoms with van der Waals surface area (Å²) in [5, 5.41) is 5.29. The second kappa shape index (κ2) is 6.29. The Bertz CT molecular complexity index is 638. The second-order valence-electron chi connectivity index (χ2n) is 4.25. The molecule has 1 aromatic carbocycles. The number of ether oxygens (including phenoxy) is 1. The number of benzene rings is 1. The van der Waals surface area contributed by atoms with Crippen LogP contribution >= 0.6 is 23.2 Å². The third kappa shape index (κ3) is 2.81. The Morgan fingerprint density at radius 1 is 1.40 bits per heavy atom. The monoisotopic (exact) mass is 312 g/mol. The third-order valence-corrected chi connectivity index (χ3v) is 3.71. The van der Waals surface area contributed by atoms with E-state index in [-0.39, 0.29) is 6.61 Å². The van der Waals surface area contributed by atoms with Crippen LogP contribution in [0.5, 0.6) is 5.75 Å². The van der Waals surface area contributed by atoms with Crippen molar-refractivity contribution in [3.05, 3.63) is 45.2 Å². The molecule has 0 aliphatic carbocycles. The lowest BCUT2D eigenvalue weighted by Crippen LogP contribution is -2.05. The van der Waals surface area contributed by atoms with E-state index in [2.05, 4.69) is 5.10 Å². The van der Waals surface area contributed by atoms with Gasteiger partial charge in [0.1, 0.15) is 12.4 Å². The maximum atomic E-state index is 11.0. The topological polar surface area (TPSA) is 44.1 Å². The number of para-hydroxylation sites is 1. The first-order valence-corrected chi connectivity index (χ1v) is 6.90. The molecule has 1 aromatic heterocycles. The van der Waals surface area contributed by atoms with Crippen LogP contribution in [0, 0.1) is 0 Å². The summed E-state index contributed by atoms with van der Waals surface area (Å²) in [6.07, 6.45) is 1.46. The molecule has 20 heavy (non-hydrogen) atoms. The maximum Gasteiger partial charge on any atom is 0.153 e. The molecule has 0 bridgehead atoms. The largest absolute Gasteiger partial charge is 0.485 e. The Hall–Kier alpha value is -1.52. The van der Waals surface area contributed by atoms with Crippen LogP contribution in [0.1, 0.15) is 28.7 Å². The van der Waals surface area contributed by atoms with E-state index in [4.69, 9.17) is 27.9 Å². The summed E-state index contributed by atoms with van der Waals surface area (Å²) in [5.74, 6) is 0.361. The summed E-state index contributed by atoms with van der Waals surface area (Å²) in [4.78, 5) is 11.0. The summed E-state index contributed by atoms with van der Waals surface area (Å²) < 4.78 is 7.34. The van der Waals surface area contributed by atoms with Gasteiger partial charge in [-0.3, -0.25) is 9.48 Å². The van der Waals surface area contributed by atoms with Crippen molar-refractivity contribution in [1.29, 1.82) is 0 Å². The van der Waals surface area contributed by atoms with Crippen molar-refractivity contribution in [2.45, 2.75) is 20.0 Å². The zero-order chi connectivity index (χ0) is 14.7. The Morgan fingerprint density at radius 2 is 2.15 bits per heavy atom. The minimum Gasteiger partial charge on any atom is -0.485 e. The standard InChI is InChI=1S/C14H14Cl2N2O2/c1-3-11-13(16)12(18(2)17-11)8-20-14-9(7-19)5-4-6-10(14)15/h4-7H,3,8H2,1-2H3. The van der Waals surface area contributed by atoms with Crippen LogP contribution in [0.2, 0.25) is 10.0 Å². The maximum absolute atomic E-state index is 11.0. The van der Waals surface area contributed by atoms with Crippen LogP contribution in [-0.2, 0) is 20.1 Å². The molecule has 6 heteroatoms. The quantitative estimate of drug-likeness (QED) is 0.791. The van der Waals surface area contributed by atoms with Crippen molar-refractivity contribution >= 4 is 29.5 Å². The molecule has 0 saturated heterocycles. The van der Waals surface area contributed by atoms with Gasteiger partial charge in [-0.2, -0.15) is 5.10 Å². The first-order chi connectivity index (χ1) is 9.58. The number of hydrogen-bond acceptors (Lipinski definition) is 3. The van der Waals surface area contributed by atoms with E-state index < -0.39 is 0 Å². The van der Waals surface area contributed by atoms with E-state index in [9.17, 15) is 4.79 Å². The third-order valence-electron chi connectivity index (χ3n) is 2.98. The Kier molecular flexibility index (Phi) is 4.68. The summed E-state index contributed by atoms with van der Waals surface area (Å²) in [6, 6.07) is 5.02. The normalized spacial score (nSPS) is 10.6. The summed E-state index contributed by atoms with van der Waals surface area (Å²) in [5.41, 5.74) is 1.98. The summed E-state index contributed by atoms with van der Waals surface area (Å²) >= 11 is 12.3. The van der Waals surface area contributed by atoms with Gasteiger partial charge in [0.25, 0.3) is 0 Å². The van der Waals surface area contributed by atoms with Gasteiger partial charge in [0, 0.05) is 7.05 Å². The minimum absolute atomic E-state index is 0.201. The number of hydrogen-bond donors (Lipinski definition) is 0. The number of aldehydes is 1. The van der Waals surface area contributed by atoms with Gasteiger partial charge in [0.15, 0.2) is 6.29 Å². The fourth-order valence-electron chi connectivity index (χ4n) is 1.89. The predicted octanol–water partition coefficient (Wildman–Crippen LogP) is 3.68. The lowest BCUT2D eigenvalue weighted by Gasteiger charge is -2.10. The molecule has 0 spiro atoms. The van der Waals surface area contributed by atoms with Crippen molar-refractivity contribution in [2.24, 2.45) is 7.05 Å². The van der Waals surface area contributed by atoms with Gasteiger partial charge in [0.2, 0.25) is 0 Å². The molecule has 0 fully saturated rings. The van der Waals surface area contributed by atoms with Gasteiger partial charge in [-0.05, 0) is 18.6 Å². The average molecular weight is 313 g/mol. The highest BCUT2D eigenvalue weighted by atomic mass is 35.5. The molecule has 0 aliphatic heterocycles. The van der Waals surface area contributed by atoms with Crippen molar-refractivity contribution in [3.8, 4) is 5.75 Å². The zero-order valence-corrected chi connectivity index (χ0v) is 12.7. The number of halogens is 2. The Balaban J connectivity index is 2.26. The molecule has 0 saturated carbocycles. The van der Waals surface area contributed by atoms with E-state index >= 15 is 0 Å². The van der Waals surface area contributed by atoms with Crippen LogP contribution in [0.3, 0.4) is 0 Å². The van der Waals surface area contributed by atoms with Gasteiger partial charge in [-0.15, -0.1) is 0 Å². The molecule has 0 aliphatic rings. The predicted molar refractivity (Wildman–Crippen MR) is 78.8 cm³/mol. The SMILES string of the molecule is CCc1nn(C)c(COc2c(Cl)cccc2C=O)c1Cl. The van der Waals surface area contributed by atoms with E-state index in [1.807, 2.05) is 6.92 Å². The van der Waals surface area contributed by atoms with Crippen LogP contribution < -0.4 is 4.74 Å². The van der Waals surface area contributed by atoms with Crippen LogP contribution in [0.4, 0.5) is 0 Å². The first kappa shape index (κ1) is 14.9. The van der Waals surface area contributed by atoms with E-state index in [1.165, 1.54) is 0 Å².